The molecule has 0 aromatic carbocycles. The van der Waals surface area contributed by atoms with Crippen LogP contribution >= 0.6 is 11.6 Å². The number of rotatable bonds is 5. The van der Waals surface area contributed by atoms with Crippen molar-refractivity contribution in [2.45, 2.75) is 38.0 Å². The van der Waals surface area contributed by atoms with E-state index in [0.717, 1.165) is 25.7 Å². The maximum atomic E-state index is 6.01. The predicted octanol–water partition coefficient (Wildman–Crippen LogP) is 3.42. The number of aromatic nitrogens is 1. The Balaban J connectivity index is 2.20. The average Bonchev–Trinajstić information content (AvgIpc) is 2.19. The molecule has 0 aliphatic heterocycles. The Bertz CT molecular complexity index is 223. The molecule has 0 saturated heterocycles. The molecule has 0 aliphatic carbocycles. The third kappa shape index (κ3) is 4.28. The van der Waals surface area contributed by atoms with E-state index in [1.807, 2.05) is 18.3 Å². The average molecular weight is 198 g/mol. The Hall–Kier alpha value is -0.560. The summed E-state index contributed by atoms with van der Waals surface area (Å²) >= 11 is 6.01. The van der Waals surface area contributed by atoms with Crippen molar-refractivity contribution in [2.24, 2.45) is 0 Å². The molecule has 0 spiro atoms. The van der Waals surface area contributed by atoms with Gasteiger partial charge in [-0.15, -0.1) is 11.6 Å². The minimum Gasteiger partial charge on any atom is -0.261 e. The topological polar surface area (TPSA) is 12.9 Å². The fraction of sp³-hybridized carbons (Fsp3) is 0.545. The van der Waals surface area contributed by atoms with E-state index in [9.17, 15) is 0 Å². The maximum absolute atomic E-state index is 6.01. The van der Waals surface area contributed by atoms with Gasteiger partial charge in [0.05, 0.1) is 0 Å². The van der Waals surface area contributed by atoms with Gasteiger partial charge in [0.2, 0.25) is 0 Å². The van der Waals surface area contributed by atoms with Crippen molar-refractivity contribution in [3.05, 3.63) is 30.1 Å². The van der Waals surface area contributed by atoms with Gasteiger partial charge < -0.3 is 0 Å². The van der Waals surface area contributed by atoms with Crippen LogP contribution in [0.4, 0.5) is 0 Å². The van der Waals surface area contributed by atoms with E-state index in [1.165, 1.54) is 5.69 Å². The number of pyridine rings is 1. The van der Waals surface area contributed by atoms with E-state index >= 15 is 0 Å². The number of hydrogen-bond acceptors (Lipinski definition) is 1. The third-order valence-electron chi connectivity index (χ3n) is 2.12. The molecular weight excluding hydrogens is 182 g/mol. The molecule has 0 amide bonds. The summed E-state index contributed by atoms with van der Waals surface area (Å²) in [6, 6.07) is 6.04. The van der Waals surface area contributed by atoms with Crippen molar-refractivity contribution in [2.75, 3.05) is 0 Å². The molecule has 0 radical (unpaired) electrons. The Morgan fingerprint density at radius 2 is 2.31 bits per heavy atom. The lowest BCUT2D eigenvalue weighted by Gasteiger charge is -2.04. The maximum Gasteiger partial charge on any atom is 0.0403 e. The molecule has 1 aromatic rings. The first-order valence-electron chi connectivity index (χ1n) is 4.87. The van der Waals surface area contributed by atoms with Crippen LogP contribution in [0, 0.1) is 0 Å². The minimum atomic E-state index is 0.337. The molecule has 13 heavy (non-hydrogen) atoms. The highest BCUT2D eigenvalue weighted by Gasteiger charge is 2.00. The van der Waals surface area contributed by atoms with Crippen molar-refractivity contribution in [1.29, 1.82) is 0 Å². The van der Waals surface area contributed by atoms with E-state index in [-0.39, 0.29) is 0 Å². The molecule has 1 nitrogen and oxygen atoms in total. The first kappa shape index (κ1) is 10.5. The highest BCUT2D eigenvalue weighted by atomic mass is 35.5. The molecule has 1 aromatic heterocycles. The fourth-order valence-electron chi connectivity index (χ4n) is 1.25. The highest BCUT2D eigenvalue weighted by molar-refractivity contribution is 6.20. The van der Waals surface area contributed by atoms with Crippen molar-refractivity contribution >= 4 is 11.6 Å². The predicted molar refractivity (Wildman–Crippen MR) is 57.1 cm³/mol. The van der Waals surface area contributed by atoms with Gasteiger partial charge in [-0.1, -0.05) is 13.0 Å². The lowest BCUT2D eigenvalue weighted by atomic mass is 10.1. The molecule has 0 fully saturated rings. The molecule has 1 atom stereocenters. The van der Waals surface area contributed by atoms with Crippen molar-refractivity contribution in [3.63, 3.8) is 0 Å². The van der Waals surface area contributed by atoms with Crippen LogP contribution in [0.2, 0.25) is 0 Å². The molecule has 1 heterocycles. The van der Waals surface area contributed by atoms with Gasteiger partial charge in [0.15, 0.2) is 0 Å². The summed E-state index contributed by atoms with van der Waals surface area (Å²) < 4.78 is 0. The highest BCUT2D eigenvalue weighted by Crippen LogP contribution is 2.11. The standard InChI is InChI=1S/C11H16ClN/c1-2-10(12)6-5-8-11-7-3-4-9-13-11/h3-4,7,9-10H,2,5-6,8H2,1H3. The Kier molecular flexibility index (Phi) is 4.84. The summed E-state index contributed by atoms with van der Waals surface area (Å²) in [5.41, 5.74) is 1.17. The minimum absolute atomic E-state index is 0.337. The van der Waals surface area contributed by atoms with Crippen LogP contribution in [0.15, 0.2) is 24.4 Å². The molecule has 72 valence electrons. The van der Waals surface area contributed by atoms with Crippen LogP contribution in [0.25, 0.3) is 0 Å². The third-order valence-corrected chi connectivity index (χ3v) is 2.65. The molecule has 0 N–H and O–H groups in total. The lowest BCUT2D eigenvalue weighted by molar-refractivity contribution is 0.668. The Morgan fingerprint density at radius 3 is 2.92 bits per heavy atom. The second kappa shape index (κ2) is 5.98. The van der Waals surface area contributed by atoms with E-state index in [4.69, 9.17) is 11.6 Å². The van der Waals surface area contributed by atoms with Crippen LogP contribution < -0.4 is 0 Å². The number of hydrogen-bond donors (Lipinski definition) is 0. The van der Waals surface area contributed by atoms with Crippen LogP contribution in [-0.4, -0.2) is 10.4 Å². The van der Waals surface area contributed by atoms with E-state index in [2.05, 4.69) is 18.0 Å². The molecule has 1 rings (SSSR count). The van der Waals surface area contributed by atoms with E-state index in [0.29, 0.717) is 5.38 Å². The Labute approximate surface area is 85.1 Å². The number of aryl methyl sites for hydroxylation is 1. The largest absolute Gasteiger partial charge is 0.261 e. The molecule has 0 saturated carbocycles. The summed E-state index contributed by atoms with van der Waals surface area (Å²) in [4.78, 5) is 4.26. The zero-order valence-corrected chi connectivity index (χ0v) is 8.80. The second-order valence-electron chi connectivity index (χ2n) is 3.22. The summed E-state index contributed by atoms with van der Waals surface area (Å²) in [6.07, 6.45) is 6.18. The second-order valence-corrected chi connectivity index (χ2v) is 3.84. The van der Waals surface area contributed by atoms with E-state index in [1.54, 1.807) is 0 Å². The van der Waals surface area contributed by atoms with Gasteiger partial charge in [0.1, 0.15) is 0 Å². The van der Waals surface area contributed by atoms with Gasteiger partial charge in [-0.25, -0.2) is 0 Å². The molecular formula is C11H16ClN. The summed E-state index contributed by atoms with van der Waals surface area (Å²) in [7, 11) is 0. The van der Waals surface area contributed by atoms with Crippen LogP contribution in [0.1, 0.15) is 31.9 Å². The van der Waals surface area contributed by atoms with Gasteiger partial charge in [-0.2, -0.15) is 0 Å². The Morgan fingerprint density at radius 1 is 1.46 bits per heavy atom. The van der Waals surface area contributed by atoms with Gasteiger partial charge >= 0.3 is 0 Å². The zero-order chi connectivity index (χ0) is 9.52. The van der Waals surface area contributed by atoms with Gasteiger partial charge in [-0.3, -0.25) is 4.98 Å². The number of halogens is 1. The number of alkyl halides is 1. The van der Waals surface area contributed by atoms with E-state index < -0.39 is 0 Å². The quantitative estimate of drug-likeness (QED) is 0.660. The SMILES string of the molecule is CCC(Cl)CCCc1ccccn1. The van der Waals surface area contributed by atoms with Crippen LogP contribution in [0.3, 0.4) is 0 Å². The molecule has 2 heteroatoms. The van der Waals surface area contributed by atoms with Gasteiger partial charge in [-0.05, 0) is 37.8 Å². The summed E-state index contributed by atoms with van der Waals surface area (Å²) in [5.74, 6) is 0. The smallest absolute Gasteiger partial charge is 0.0403 e. The fourth-order valence-corrected chi connectivity index (χ4v) is 1.41. The molecule has 0 bridgehead atoms. The van der Waals surface area contributed by atoms with Gasteiger partial charge in [0.25, 0.3) is 0 Å². The van der Waals surface area contributed by atoms with Gasteiger partial charge in [0, 0.05) is 17.3 Å². The zero-order valence-electron chi connectivity index (χ0n) is 8.04. The number of nitrogens with zero attached hydrogens (tertiary/aromatic N) is 1. The molecule has 1 unspecified atom stereocenters. The molecule has 0 aliphatic rings. The van der Waals surface area contributed by atoms with Crippen molar-refractivity contribution in [1.82, 2.24) is 4.98 Å². The summed E-state index contributed by atoms with van der Waals surface area (Å²) in [6.45, 7) is 2.12. The lowest BCUT2D eigenvalue weighted by Crippen LogP contribution is -1.97. The first-order valence-corrected chi connectivity index (χ1v) is 5.30. The normalized spacial score (nSPS) is 12.8. The van der Waals surface area contributed by atoms with Crippen LogP contribution in [-0.2, 0) is 6.42 Å². The first-order chi connectivity index (χ1) is 6.33. The van der Waals surface area contributed by atoms with Crippen molar-refractivity contribution in [3.8, 4) is 0 Å². The van der Waals surface area contributed by atoms with Crippen LogP contribution in [0.5, 0.6) is 0 Å². The van der Waals surface area contributed by atoms with Crippen molar-refractivity contribution < 1.29 is 0 Å². The monoisotopic (exact) mass is 197 g/mol. The summed E-state index contributed by atoms with van der Waals surface area (Å²) in [5, 5.41) is 0.337.